The van der Waals surface area contributed by atoms with Gasteiger partial charge in [-0.15, -0.1) is 0 Å². The maximum absolute atomic E-state index is 12.0. The molecule has 0 fully saturated rings. The molecule has 4 N–H and O–H groups in total. The monoisotopic (exact) mass is 339 g/mol. The second-order valence-corrected chi connectivity index (χ2v) is 6.42. The molecule has 6 nitrogen and oxygen atoms in total. The van der Waals surface area contributed by atoms with E-state index in [1.165, 1.54) is 18.2 Å². The molecule has 1 rings (SSSR count). The highest BCUT2D eigenvalue weighted by molar-refractivity contribution is 9.10. The number of hydrogen-bond acceptors (Lipinski definition) is 5. The molecule has 0 atom stereocenters. The van der Waals surface area contributed by atoms with Crippen LogP contribution in [0.25, 0.3) is 0 Å². The van der Waals surface area contributed by atoms with Crippen LogP contribution in [0.15, 0.2) is 33.6 Å². The molecule has 0 aliphatic carbocycles. The van der Waals surface area contributed by atoms with Crippen LogP contribution in [0.3, 0.4) is 0 Å². The number of sulfonamides is 1. The van der Waals surface area contributed by atoms with Crippen LogP contribution in [0, 0.1) is 0 Å². The number of hydrogen-bond donors (Lipinski definition) is 4. The fraction of sp³-hybridized carbons (Fsp3) is 0.400. The minimum absolute atomic E-state index is 0.0309. The van der Waals surface area contributed by atoms with E-state index in [1.54, 1.807) is 6.07 Å². The van der Waals surface area contributed by atoms with Gasteiger partial charge in [-0.25, -0.2) is 8.42 Å². The van der Waals surface area contributed by atoms with Gasteiger partial charge in [0.2, 0.25) is 10.0 Å². The van der Waals surface area contributed by atoms with Crippen molar-refractivity contribution in [3.05, 3.63) is 28.7 Å². The number of nitrogens with one attached hydrogen (secondary N) is 1. The first-order valence-electron chi connectivity index (χ1n) is 5.01. The number of aliphatic hydroxyl groups is 3. The van der Waals surface area contributed by atoms with Crippen LogP contribution in [-0.2, 0) is 10.0 Å². The summed E-state index contributed by atoms with van der Waals surface area (Å²) in [5, 5.41) is 27.3. The Bertz CT molecular complexity index is 492. The van der Waals surface area contributed by atoms with Crippen LogP contribution in [0.1, 0.15) is 0 Å². The average molecular weight is 340 g/mol. The lowest BCUT2D eigenvalue weighted by atomic mass is 10.1. The molecule has 1 aromatic carbocycles. The largest absolute Gasteiger partial charge is 0.394 e. The molecule has 0 spiro atoms. The van der Waals surface area contributed by atoms with E-state index in [4.69, 9.17) is 15.3 Å². The molecule has 0 saturated heterocycles. The summed E-state index contributed by atoms with van der Waals surface area (Å²) in [6.07, 6.45) is 0. The molecular formula is C10H14BrNO5S. The Hall–Kier alpha value is -0.510. The predicted molar refractivity (Wildman–Crippen MR) is 68.5 cm³/mol. The van der Waals surface area contributed by atoms with Gasteiger partial charge in [-0.3, -0.25) is 0 Å². The Kier molecular flexibility index (Phi) is 5.26. The molecule has 102 valence electrons. The van der Waals surface area contributed by atoms with E-state index in [2.05, 4.69) is 20.7 Å². The minimum atomic E-state index is -3.94. The van der Waals surface area contributed by atoms with Gasteiger partial charge < -0.3 is 15.3 Å². The van der Waals surface area contributed by atoms with E-state index >= 15 is 0 Å². The Morgan fingerprint density at radius 3 is 2.17 bits per heavy atom. The Morgan fingerprint density at radius 2 is 1.72 bits per heavy atom. The summed E-state index contributed by atoms with van der Waals surface area (Å²) >= 11 is 3.15. The summed E-state index contributed by atoms with van der Waals surface area (Å²) < 4.78 is 26.7. The first kappa shape index (κ1) is 15.5. The van der Waals surface area contributed by atoms with E-state index in [1.807, 2.05) is 0 Å². The van der Waals surface area contributed by atoms with Gasteiger partial charge in [-0.1, -0.05) is 22.0 Å². The molecular weight excluding hydrogens is 326 g/mol. The van der Waals surface area contributed by atoms with E-state index in [0.717, 1.165) is 0 Å². The summed E-state index contributed by atoms with van der Waals surface area (Å²) in [7, 11) is -3.94. The molecule has 0 radical (unpaired) electrons. The zero-order valence-corrected chi connectivity index (χ0v) is 11.8. The van der Waals surface area contributed by atoms with E-state index in [-0.39, 0.29) is 4.90 Å². The standard InChI is InChI=1S/C10H14BrNO5S/c11-8-2-1-3-9(4-8)18(16,17)12-10(5-13,6-14)7-15/h1-4,12-15H,5-7H2. The van der Waals surface area contributed by atoms with Crippen LogP contribution in [0.4, 0.5) is 0 Å². The molecule has 0 amide bonds. The van der Waals surface area contributed by atoms with Gasteiger partial charge in [0.15, 0.2) is 0 Å². The van der Waals surface area contributed by atoms with Gasteiger partial charge in [0.05, 0.1) is 24.7 Å². The van der Waals surface area contributed by atoms with E-state index in [0.29, 0.717) is 4.47 Å². The van der Waals surface area contributed by atoms with Crippen LogP contribution in [0.5, 0.6) is 0 Å². The lowest BCUT2D eigenvalue weighted by molar-refractivity contribution is 0.0582. The minimum Gasteiger partial charge on any atom is -0.394 e. The van der Waals surface area contributed by atoms with Gasteiger partial charge in [0.1, 0.15) is 5.54 Å². The zero-order valence-electron chi connectivity index (χ0n) is 9.38. The Morgan fingerprint density at radius 1 is 1.17 bits per heavy atom. The molecule has 0 saturated carbocycles. The van der Waals surface area contributed by atoms with Crippen molar-refractivity contribution in [3.63, 3.8) is 0 Å². The van der Waals surface area contributed by atoms with Crippen molar-refractivity contribution >= 4 is 26.0 Å². The Balaban J connectivity index is 3.08. The fourth-order valence-corrected chi connectivity index (χ4v) is 3.20. The summed E-state index contributed by atoms with van der Waals surface area (Å²) in [4.78, 5) is -0.0309. The topological polar surface area (TPSA) is 107 Å². The van der Waals surface area contributed by atoms with E-state index < -0.39 is 35.4 Å². The third kappa shape index (κ3) is 3.50. The van der Waals surface area contributed by atoms with Crippen LogP contribution >= 0.6 is 15.9 Å². The van der Waals surface area contributed by atoms with Crippen molar-refractivity contribution in [2.75, 3.05) is 19.8 Å². The molecule has 0 unspecified atom stereocenters. The zero-order chi connectivity index (χ0) is 13.8. The molecule has 0 bridgehead atoms. The molecule has 8 heteroatoms. The van der Waals surface area contributed by atoms with Crippen LogP contribution in [0.2, 0.25) is 0 Å². The van der Waals surface area contributed by atoms with Crippen LogP contribution < -0.4 is 4.72 Å². The van der Waals surface area contributed by atoms with Gasteiger partial charge in [-0.05, 0) is 18.2 Å². The molecule has 18 heavy (non-hydrogen) atoms. The lowest BCUT2D eigenvalue weighted by Crippen LogP contribution is -2.56. The SMILES string of the molecule is O=S(=O)(NC(CO)(CO)CO)c1cccc(Br)c1. The van der Waals surface area contributed by atoms with Gasteiger partial charge in [0.25, 0.3) is 0 Å². The second-order valence-electron chi connectivity index (χ2n) is 3.82. The number of halogens is 1. The van der Waals surface area contributed by atoms with Gasteiger partial charge in [0, 0.05) is 4.47 Å². The predicted octanol–water partition coefficient (Wildman–Crippen LogP) is -0.557. The highest BCUT2D eigenvalue weighted by atomic mass is 79.9. The third-order valence-electron chi connectivity index (χ3n) is 2.37. The van der Waals surface area contributed by atoms with Gasteiger partial charge >= 0.3 is 0 Å². The summed E-state index contributed by atoms with van der Waals surface area (Å²) in [6, 6.07) is 5.94. The number of aliphatic hydroxyl groups excluding tert-OH is 3. The highest BCUT2D eigenvalue weighted by Crippen LogP contribution is 2.17. The van der Waals surface area contributed by atoms with Crippen molar-refractivity contribution in [3.8, 4) is 0 Å². The van der Waals surface area contributed by atoms with Crippen molar-refractivity contribution in [2.45, 2.75) is 10.4 Å². The molecule has 0 heterocycles. The third-order valence-corrected chi connectivity index (χ3v) is 4.43. The Labute approximate surface area is 113 Å². The quantitative estimate of drug-likeness (QED) is 0.556. The first-order chi connectivity index (χ1) is 8.39. The smallest absolute Gasteiger partial charge is 0.241 e. The van der Waals surface area contributed by atoms with Crippen molar-refractivity contribution in [1.29, 1.82) is 0 Å². The van der Waals surface area contributed by atoms with Crippen molar-refractivity contribution in [2.24, 2.45) is 0 Å². The van der Waals surface area contributed by atoms with E-state index in [9.17, 15) is 8.42 Å². The summed E-state index contributed by atoms with van der Waals surface area (Å²) in [5.74, 6) is 0. The molecule has 0 aromatic heterocycles. The van der Waals surface area contributed by atoms with Crippen LogP contribution in [-0.4, -0.2) is 49.1 Å². The maximum Gasteiger partial charge on any atom is 0.241 e. The number of rotatable bonds is 6. The lowest BCUT2D eigenvalue weighted by Gasteiger charge is -2.28. The fourth-order valence-electron chi connectivity index (χ4n) is 1.22. The molecule has 1 aromatic rings. The average Bonchev–Trinajstić information content (AvgIpc) is 2.36. The first-order valence-corrected chi connectivity index (χ1v) is 7.29. The summed E-state index contributed by atoms with van der Waals surface area (Å²) in [5.41, 5.74) is -1.68. The molecule has 0 aliphatic rings. The van der Waals surface area contributed by atoms with Crippen molar-refractivity contribution in [1.82, 2.24) is 4.72 Å². The maximum atomic E-state index is 12.0. The highest BCUT2D eigenvalue weighted by Gasteiger charge is 2.33. The van der Waals surface area contributed by atoms with Gasteiger partial charge in [-0.2, -0.15) is 4.72 Å². The summed E-state index contributed by atoms with van der Waals surface area (Å²) in [6.45, 7) is -2.15. The number of benzene rings is 1. The second kappa shape index (κ2) is 6.09. The molecule has 0 aliphatic heterocycles. The normalized spacial score (nSPS) is 12.7. The van der Waals surface area contributed by atoms with Crippen molar-refractivity contribution < 1.29 is 23.7 Å².